The van der Waals surface area contributed by atoms with Crippen molar-refractivity contribution < 1.29 is 4.74 Å². The molecular formula is C12H24N2O. The molecule has 2 unspecified atom stereocenters. The van der Waals surface area contributed by atoms with Crippen molar-refractivity contribution in [3.8, 4) is 0 Å². The molecule has 0 aliphatic carbocycles. The van der Waals surface area contributed by atoms with Gasteiger partial charge in [0.15, 0.2) is 0 Å². The summed E-state index contributed by atoms with van der Waals surface area (Å²) in [5.74, 6) is 0.817. The Kier molecular flexibility index (Phi) is 3.65. The molecule has 2 aliphatic heterocycles. The van der Waals surface area contributed by atoms with Crippen LogP contribution < -0.4 is 5.32 Å². The maximum absolute atomic E-state index is 5.77. The molecule has 3 nitrogen and oxygen atoms in total. The van der Waals surface area contributed by atoms with Crippen LogP contribution in [0.1, 0.15) is 27.2 Å². The van der Waals surface area contributed by atoms with E-state index < -0.39 is 0 Å². The number of nitrogens with zero attached hydrogens (tertiary/aromatic N) is 1. The first kappa shape index (κ1) is 11.4. The summed E-state index contributed by atoms with van der Waals surface area (Å²) >= 11 is 0. The highest BCUT2D eigenvalue weighted by Crippen LogP contribution is 2.20. The van der Waals surface area contributed by atoms with Crippen molar-refractivity contribution in [3.05, 3.63) is 0 Å². The van der Waals surface area contributed by atoms with Gasteiger partial charge in [-0.1, -0.05) is 6.92 Å². The van der Waals surface area contributed by atoms with E-state index in [9.17, 15) is 0 Å². The molecule has 2 fully saturated rings. The Labute approximate surface area is 93.2 Å². The highest BCUT2D eigenvalue weighted by molar-refractivity contribution is 4.85. The highest BCUT2D eigenvalue weighted by Gasteiger charge is 2.30. The number of nitrogens with one attached hydrogen (secondary N) is 1. The maximum atomic E-state index is 5.77. The van der Waals surface area contributed by atoms with Crippen molar-refractivity contribution >= 4 is 0 Å². The minimum atomic E-state index is 0.394. The second-order valence-corrected chi connectivity index (χ2v) is 5.36. The molecule has 2 aliphatic rings. The van der Waals surface area contributed by atoms with Crippen LogP contribution in [0.5, 0.6) is 0 Å². The van der Waals surface area contributed by atoms with Gasteiger partial charge in [-0.15, -0.1) is 0 Å². The molecule has 0 aromatic carbocycles. The summed E-state index contributed by atoms with van der Waals surface area (Å²) < 4.78 is 5.77. The predicted molar refractivity (Wildman–Crippen MR) is 62.0 cm³/mol. The summed E-state index contributed by atoms with van der Waals surface area (Å²) in [5.41, 5.74) is 0. The lowest BCUT2D eigenvalue weighted by atomic mass is 9.95. The van der Waals surface area contributed by atoms with Crippen molar-refractivity contribution in [1.82, 2.24) is 10.2 Å². The molecule has 4 atom stereocenters. The van der Waals surface area contributed by atoms with Crippen LogP contribution in [0.15, 0.2) is 0 Å². The van der Waals surface area contributed by atoms with Crippen LogP contribution in [0.2, 0.25) is 0 Å². The van der Waals surface area contributed by atoms with Gasteiger partial charge in [0.1, 0.15) is 0 Å². The summed E-state index contributed by atoms with van der Waals surface area (Å²) in [6.07, 6.45) is 2.13. The van der Waals surface area contributed by atoms with Crippen molar-refractivity contribution in [1.29, 1.82) is 0 Å². The molecule has 88 valence electrons. The average Bonchev–Trinajstić information content (AvgIpc) is 2.16. The van der Waals surface area contributed by atoms with E-state index in [1.807, 2.05) is 0 Å². The lowest BCUT2D eigenvalue weighted by Gasteiger charge is -2.43. The zero-order valence-electron chi connectivity index (χ0n) is 10.2. The van der Waals surface area contributed by atoms with E-state index in [-0.39, 0.29) is 0 Å². The molecule has 0 amide bonds. The molecule has 15 heavy (non-hydrogen) atoms. The normalized spacial score (nSPS) is 44.2. The second-order valence-electron chi connectivity index (χ2n) is 5.36. The average molecular weight is 212 g/mol. The molecule has 2 rings (SSSR count). The fraction of sp³-hybridized carbons (Fsp3) is 1.00. The van der Waals surface area contributed by atoms with Gasteiger partial charge in [-0.3, -0.25) is 4.90 Å². The standard InChI is InChI=1S/C12H24N2O/c1-9-4-12(6-13-5-9)14-7-10(2)15-11(3)8-14/h9-13H,4-8H2,1-3H3/t9?,10-,11+,12?. The van der Waals surface area contributed by atoms with E-state index in [1.54, 1.807) is 0 Å². The van der Waals surface area contributed by atoms with E-state index in [0.717, 1.165) is 31.6 Å². The van der Waals surface area contributed by atoms with E-state index in [0.29, 0.717) is 12.2 Å². The predicted octanol–water partition coefficient (Wildman–Crippen LogP) is 1.09. The number of morpholine rings is 1. The third-order valence-corrected chi connectivity index (χ3v) is 3.51. The molecule has 3 heteroatoms. The van der Waals surface area contributed by atoms with Gasteiger partial charge in [0.2, 0.25) is 0 Å². The minimum absolute atomic E-state index is 0.394. The first-order valence-electron chi connectivity index (χ1n) is 6.25. The van der Waals surface area contributed by atoms with Crippen LogP contribution in [0.3, 0.4) is 0 Å². The van der Waals surface area contributed by atoms with Crippen molar-refractivity contribution in [2.75, 3.05) is 26.2 Å². The lowest BCUT2D eigenvalue weighted by Crippen LogP contribution is -2.55. The third kappa shape index (κ3) is 2.92. The van der Waals surface area contributed by atoms with Crippen LogP contribution in [0.4, 0.5) is 0 Å². The van der Waals surface area contributed by atoms with E-state index >= 15 is 0 Å². The Morgan fingerprint density at radius 3 is 2.33 bits per heavy atom. The number of rotatable bonds is 1. The van der Waals surface area contributed by atoms with Crippen molar-refractivity contribution in [2.24, 2.45) is 5.92 Å². The van der Waals surface area contributed by atoms with Crippen LogP contribution in [0, 0.1) is 5.92 Å². The first-order chi connectivity index (χ1) is 7.15. The van der Waals surface area contributed by atoms with Gasteiger partial charge in [-0.25, -0.2) is 0 Å². The summed E-state index contributed by atoms with van der Waals surface area (Å²) in [4.78, 5) is 2.61. The monoisotopic (exact) mass is 212 g/mol. The molecular weight excluding hydrogens is 188 g/mol. The van der Waals surface area contributed by atoms with Crippen LogP contribution in [-0.2, 0) is 4.74 Å². The van der Waals surface area contributed by atoms with Crippen molar-refractivity contribution in [3.63, 3.8) is 0 Å². The molecule has 0 aromatic rings. The van der Waals surface area contributed by atoms with E-state index in [4.69, 9.17) is 4.74 Å². The number of ether oxygens (including phenoxy) is 1. The molecule has 0 saturated carbocycles. The van der Waals surface area contributed by atoms with Gasteiger partial charge in [0.05, 0.1) is 12.2 Å². The first-order valence-corrected chi connectivity index (χ1v) is 6.25. The molecule has 0 radical (unpaired) electrons. The third-order valence-electron chi connectivity index (χ3n) is 3.51. The number of hydrogen-bond acceptors (Lipinski definition) is 3. The molecule has 0 spiro atoms. The maximum Gasteiger partial charge on any atom is 0.0678 e. The van der Waals surface area contributed by atoms with E-state index in [2.05, 4.69) is 31.0 Å². The SMILES string of the molecule is CC1CNCC(N2C[C@@H](C)O[C@@H](C)C2)C1. The Morgan fingerprint density at radius 1 is 1.07 bits per heavy atom. The molecule has 0 aromatic heterocycles. The van der Waals surface area contributed by atoms with E-state index in [1.165, 1.54) is 13.0 Å². The zero-order valence-corrected chi connectivity index (χ0v) is 10.2. The van der Waals surface area contributed by atoms with Crippen molar-refractivity contribution in [2.45, 2.75) is 45.4 Å². The molecule has 2 heterocycles. The Hall–Kier alpha value is -0.120. The highest BCUT2D eigenvalue weighted by atomic mass is 16.5. The number of hydrogen-bond donors (Lipinski definition) is 1. The smallest absolute Gasteiger partial charge is 0.0678 e. The minimum Gasteiger partial charge on any atom is -0.373 e. The van der Waals surface area contributed by atoms with Crippen LogP contribution in [-0.4, -0.2) is 49.3 Å². The summed E-state index contributed by atoms with van der Waals surface area (Å²) in [7, 11) is 0. The zero-order chi connectivity index (χ0) is 10.8. The summed E-state index contributed by atoms with van der Waals surface area (Å²) in [5, 5.41) is 3.53. The Balaban J connectivity index is 1.91. The van der Waals surface area contributed by atoms with Gasteiger partial charge >= 0.3 is 0 Å². The molecule has 0 bridgehead atoms. The largest absolute Gasteiger partial charge is 0.373 e. The Bertz CT molecular complexity index is 200. The number of piperidine rings is 1. The summed E-state index contributed by atoms with van der Waals surface area (Å²) in [6.45, 7) is 11.2. The van der Waals surface area contributed by atoms with Gasteiger partial charge in [-0.2, -0.15) is 0 Å². The second kappa shape index (κ2) is 4.81. The molecule has 2 saturated heterocycles. The van der Waals surface area contributed by atoms with Crippen LogP contribution >= 0.6 is 0 Å². The van der Waals surface area contributed by atoms with Gasteiger partial charge in [0, 0.05) is 25.7 Å². The fourth-order valence-electron chi connectivity index (χ4n) is 2.92. The van der Waals surface area contributed by atoms with Gasteiger partial charge < -0.3 is 10.1 Å². The van der Waals surface area contributed by atoms with Gasteiger partial charge in [-0.05, 0) is 32.7 Å². The van der Waals surface area contributed by atoms with Gasteiger partial charge in [0.25, 0.3) is 0 Å². The topological polar surface area (TPSA) is 24.5 Å². The Morgan fingerprint density at radius 2 is 1.73 bits per heavy atom. The molecule has 1 N–H and O–H groups in total. The lowest BCUT2D eigenvalue weighted by molar-refractivity contribution is -0.0840. The van der Waals surface area contributed by atoms with Crippen LogP contribution in [0.25, 0.3) is 0 Å². The quantitative estimate of drug-likeness (QED) is 0.704. The fourth-order valence-corrected chi connectivity index (χ4v) is 2.92. The summed E-state index contributed by atoms with van der Waals surface area (Å²) in [6, 6.07) is 0.725.